The number of aryl methyl sites for hydroxylation is 2. The van der Waals surface area contributed by atoms with Crippen molar-refractivity contribution in [2.75, 3.05) is 11.9 Å². The predicted octanol–water partition coefficient (Wildman–Crippen LogP) is 5.64. The highest BCUT2D eigenvalue weighted by Crippen LogP contribution is 2.30. The number of rotatable bonds is 6. The number of benzene rings is 2. The van der Waals surface area contributed by atoms with E-state index in [1.54, 1.807) is 0 Å². The summed E-state index contributed by atoms with van der Waals surface area (Å²) in [4.78, 5) is 12.0. The molecule has 0 fully saturated rings. The molecule has 0 bridgehead atoms. The van der Waals surface area contributed by atoms with Gasteiger partial charge < -0.3 is 9.88 Å². The van der Waals surface area contributed by atoms with Gasteiger partial charge in [0.25, 0.3) is 5.91 Å². The molecule has 0 radical (unpaired) electrons. The molecule has 1 heterocycles. The maximum absolute atomic E-state index is 12.8. The normalized spacial score (nSPS) is 11.7. The third kappa shape index (κ3) is 5.50. The van der Waals surface area contributed by atoms with E-state index in [0.29, 0.717) is 5.02 Å². The van der Waals surface area contributed by atoms with Crippen molar-refractivity contribution in [2.24, 2.45) is 5.10 Å². The van der Waals surface area contributed by atoms with Crippen LogP contribution in [-0.2, 0) is 11.0 Å². The number of carbonyl (C=O) groups excluding carboxylic acids is 1. The molecule has 1 aromatic heterocycles. The number of hydrazone groups is 1. The molecule has 0 saturated carbocycles. The summed E-state index contributed by atoms with van der Waals surface area (Å²) in [6.45, 7) is 5.60. The lowest BCUT2D eigenvalue weighted by Crippen LogP contribution is -2.26. The average molecular weight is 463 g/mol. The molecule has 2 aromatic carbocycles. The van der Waals surface area contributed by atoms with E-state index >= 15 is 0 Å². The first kappa shape index (κ1) is 23.4. The van der Waals surface area contributed by atoms with Gasteiger partial charge in [0, 0.05) is 33.3 Å². The Kier molecular flexibility index (Phi) is 6.93. The number of anilines is 1. The topological polar surface area (TPSA) is 58.4 Å². The van der Waals surface area contributed by atoms with E-state index in [4.69, 9.17) is 11.6 Å². The van der Waals surface area contributed by atoms with Gasteiger partial charge in [0.1, 0.15) is 0 Å². The van der Waals surface area contributed by atoms with Crippen molar-refractivity contribution in [3.05, 3.63) is 81.6 Å². The molecule has 0 spiro atoms. The highest BCUT2D eigenvalue weighted by atomic mass is 35.5. The van der Waals surface area contributed by atoms with Gasteiger partial charge in [0.05, 0.1) is 18.3 Å². The Bertz CT molecular complexity index is 1170. The molecule has 32 heavy (non-hydrogen) atoms. The fourth-order valence-corrected chi connectivity index (χ4v) is 3.41. The van der Waals surface area contributed by atoms with E-state index in [2.05, 4.69) is 15.8 Å². The summed E-state index contributed by atoms with van der Waals surface area (Å²) < 4.78 is 40.3. The highest BCUT2D eigenvalue weighted by Gasteiger charge is 2.30. The third-order valence-corrected chi connectivity index (χ3v) is 5.33. The second kappa shape index (κ2) is 9.48. The smallest absolute Gasteiger partial charge is 0.376 e. The summed E-state index contributed by atoms with van der Waals surface area (Å²) in [5.41, 5.74) is 6.39. The largest absolute Gasteiger partial charge is 0.416 e. The molecule has 9 heteroatoms. The standard InChI is InChI=1S/C23H22ClF3N4O/c1-14-7-8-20(11-21(14)24)31-15(2)9-17(16(31)3)12-29-30-22(32)13-28-19-6-4-5-18(10-19)23(25,26)27/h4-12,28H,13H2,1-3H3,(H,30,32)/b29-12-. The molecule has 2 N–H and O–H groups in total. The molecule has 0 unspecified atom stereocenters. The number of alkyl halides is 3. The van der Waals surface area contributed by atoms with E-state index < -0.39 is 17.6 Å². The Morgan fingerprint density at radius 3 is 2.56 bits per heavy atom. The number of aromatic nitrogens is 1. The summed E-state index contributed by atoms with van der Waals surface area (Å²) in [7, 11) is 0. The monoisotopic (exact) mass is 462 g/mol. The summed E-state index contributed by atoms with van der Waals surface area (Å²) in [6.07, 6.45) is -2.92. The van der Waals surface area contributed by atoms with Crippen LogP contribution < -0.4 is 10.7 Å². The van der Waals surface area contributed by atoms with E-state index in [0.717, 1.165) is 40.3 Å². The molecule has 3 rings (SSSR count). The van der Waals surface area contributed by atoms with Gasteiger partial charge in [0.15, 0.2) is 0 Å². The number of halogens is 4. The van der Waals surface area contributed by atoms with Crippen LogP contribution >= 0.6 is 11.6 Å². The van der Waals surface area contributed by atoms with E-state index in [-0.39, 0.29) is 12.2 Å². The Hall–Kier alpha value is -3.26. The van der Waals surface area contributed by atoms with Gasteiger partial charge in [-0.25, -0.2) is 5.43 Å². The van der Waals surface area contributed by atoms with Gasteiger partial charge >= 0.3 is 6.18 Å². The summed E-state index contributed by atoms with van der Waals surface area (Å²) >= 11 is 6.25. The van der Waals surface area contributed by atoms with E-state index in [9.17, 15) is 18.0 Å². The van der Waals surface area contributed by atoms with Crippen LogP contribution in [-0.4, -0.2) is 23.2 Å². The van der Waals surface area contributed by atoms with E-state index in [1.807, 2.05) is 49.6 Å². The summed E-state index contributed by atoms with van der Waals surface area (Å²) in [5, 5.41) is 7.30. The van der Waals surface area contributed by atoms with Crippen LogP contribution in [0.15, 0.2) is 53.6 Å². The molecule has 0 saturated heterocycles. The Labute approximate surface area is 188 Å². The fourth-order valence-electron chi connectivity index (χ4n) is 3.24. The lowest BCUT2D eigenvalue weighted by atomic mass is 10.2. The molecule has 0 aliphatic carbocycles. The third-order valence-electron chi connectivity index (χ3n) is 4.92. The maximum atomic E-state index is 12.8. The van der Waals surface area contributed by atoms with Crippen molar-refractivity contribution >= 4 is 29.4 Å². The summed E-state index contributed by atoms with van der Waals surface area (Å²) in [5.74, 6) is -0.488. The second-order valence-electron chi connectivity index (χ2n) is 7.32. The van der Waals surface area contributed by atoms with Crippen molar-refractivity contribution in [3.8, 4) is 5.69 Å². The van der Waals surface area contributed by atoms with Crippen molar-refractivity contribution < 1.29 is 18.0 Å². The lowest BCUT2D eigenvalue weighted by Gasteiger charge is -2.11. The van der Waals surface area contributed by atoms with Crippen LogP contribution in [0.3, 0.4) is 0 Å². The lowest BCUT2D eigenvalue weighted by molar-refractivity contribution is -0.137. The highest BCUT2D eigenvalue weighted by molar-refractivity contribution is 6.31. The van der Waals surface area contributed by atoms with Gasteiger partial charge in [-0.3, -0.25) is 4.79 Å². The number of nitrogens with zero attached hydrogens (tertiary/aromatic N) is 2. The summed E-state index contributed by atoms with van der Waals surface area (Å²) in [6, 6.07) is 12.4. The second-order valence-corrected chi connectivity index (χ2v) is 7.73. The number of carbonyl (C=O) groups is 1. The van der Waals surface area contributed by atoms with Crippen LogP contribution in [0.25, 0.3) is 5.69 Å². The number of hydrogen-bond acceptors (Lipinski definition) is 3. The van der Waals surface area contributed by atoms with Gasteiger partial charge in [-0.05, 0) is 62.7 Å². The Morgan fingerprint density at radius 2 is 1.88 bits per heavy atom. The van der Waals surface area contributed by atoms with Crippen LogP contribution in [0.5, 0.6) is 0 Å². The van der Waals surface area contributed by atoms with Gasteiger partial charge in [-0.15, -0.1) is 0 Å². The minimum atomic E-state index is -4.44. The molecule has 168 valence electrons. The molecule has 0 atom stereocenters. The van der Waals surface area contributed by atoms with Crippen LogP contribution in [0, 0.1) is 20.8 Å². The molecular weight excluding hydrogens is 441 g/mol. The van der Waals surface area contributed by atoms with Gasteiger partial charge in [-0.2, -0.15) is 18.3 Å². The zero-order valence-electron chi connectivity index (χ0n) is 17.7. The minimum absolute atomic E-state index is 0.194. The van der Waals surface area contributed by atoms with Crippen molar-refractivity contribution in [1.29, 1.82) is 0 Å². The van der Waals surface area contributed by atoms with Crippen LogP contribution in [0.4, 0.5) is 18.9 Å². The zero-order valence-corrected chi connectivity index (χ0v) is 18.5. The van der Waals surface area contributed by atoms with Crippen molar-refractivity contribution in [1.82, 2.24) is 9.99 Å². The first-order valence-corrected chi connectivity index (χ1v) is 10.1. The fraction of sp³-hybridized carbons (Fsp3) is 0.217. The average Bonchev–Trinajstić information content (AvgIpc) is 3.01. The molecule has 0 aliphatic heterocycles. The number of hydrogen-bond donors (Lipinski definition) is 2. The number of amides is 1. The molecule has 1 amide bonds. The van der Waals surface area contributed by atoms with Gasteiger partial charge in [-0.1, -0.05) is 23.7 Å². The SMILES string of the molecule is Cc1ccc(-n2c(C)cc(/C=N\NC(=O)CNc3cccc(C(F)(F)F)c3)c2C)cc1Cl. The van der Waals surface area contributed by atoms with E-state index in [1.165, 1.54) is 18.3 Å². The Morgan fingerprint density at radius 1 is 1.12 bits per heavy atom. The van der Waals surface area contributed by atoms with Gasteiger partial charge in [0.2, 0.25) is 0 Å². The quantitative estimate of drug-likeness (QED) is 0.368. The van der Waals surface area contributed by atoms with Crippen LogP contribution in [0.1, 0.15) is 28.1 Å². The van der Waals surface area contributed by atoms with Crippen molar-refractivity contribution in [3.63, 3.8) is 0 Å². The van der Waals surface area contributed by atoms with Crippen LogP contribution in [0.2, 0.25) is 5.02 Å². The maximum Gasteiger partial charge on any atom is 0.416 e. The molecule has 0 aliphatic rings. The first-order valence-electron chi connectivity index (χ1n) is 9.75. The van der Waals surface area contributed by atoms with Crippen molar-refractivity contribution in [2.45, 2.75) is 26.9 Å². The first-order chi connectivity index (χ1) is 15.1. The Balaban J connectivity index is 1.63. The molecular formula is C23H22ClF3N4O. The zero-order chi connectivity index (χ0) is 23.5. The molecule has 5 nitrogen and oxygen atoms in total. The predicted molar refractivity (Wildman–Crippen MR) is 121 cm³/mol. The number of nitrogens with one attached hydrogen (secondary N) is 2. The minimum Gasteiger partial charge on any atom is -0.376 e. The molecule has 3 aromatic rings.